The summed E-state index contributed by atoms with van der Waals surface area (Å²) in [4.78, 5) is 53.7. The summed E-state index contributed by atoms with van der Waals surface area (Å²) in [6, 6.07) is 26.0. The molecular formula is C63H76N7O12P3S. The van der Waals surface area contributed by atoms with Gasteiger partial charge in [-0.3, -0.25) is 32.9 Å². The SMILES string of the molecule is CCCc1cc(OC)ccc1C#Cc1cc(CN2CCN(Cc3cc(C#Cc4ccc(OC)cc4CCS(=O)(=O)O)cc(P(C)(=O)O)n3)CCN(Cc3cc(C#Cc4ccc(OC)cc4CCC)cc(P(C)(=O)O)n3)C(CN)C2)nc(P(C)(=O)O)c1. The van der Waals surface area contributed by atoms with Crippen molar-refractivity contribution in [3.05, 3.63) is 158 Å². The highest BCUT2D eigenvalue weighted by Gasteiger charge is 2.28. The number of hydrogen-bond donors (Lipinski definition) is 5. The third-order valence-electron chi connectivity index (χ3n) is 14.3. The number of aryl methyl sites for hydroxylation is 3. The molecule has 6 aromatic rings. The summed E-state index contributed by atoms with van der Waals surface area (Å²) in [7, 11) is -11.4. The maximum absolute atomic E-state index is 13.5. The van der Waals surface area contributed by atoms with Crippen molar-refractivity contribution in [3.8, 4) is 52.8 Å². The van der Waals surface area contributed by atoms with Crippen LogP contribution in [0.15, 0.2) is 91.0 Å². The Balaban J connectivity index is 1.29. The first-order valence-corrected chi connectivity index (χ1v) is 36.0. The molecule has 0 amide bonds. The van der Waals surface area contributed by atoms with Crippen LogP contribution in [0.2, 0.25) is 0 Å². The Morgan fingerprint density at radius 1 is 0.535 bits per heavy atom. The molecule has 4 heterocycles. The number of ether oxygens (including phenoxy) is 3. The molecule has 456 valence electrons. The highest BCUT2D eigenvalue weighted by molar-refractivity contribution is 7.85. The monoisotopic (exact) mass is 1250 g/mol. The van der Waals surface area contributed by atoms with Gasteiger partial charge < -0.3 is 34.6 Å². The Labute approximate surface area is 505 Å². The maximum Gasteiger partial charge on any atom is 0.265 e. The van der Waals surface area contributed by atoms with Gasteiger partial charge in [-0.25, -0.2) is 15.0 Å². The van der Waals surface area contributed by atoms with Crippen molar-refractivity contribution in [2.75, 3.05) is 86.3 Å². The molecule has 0 bridgehead atoms. The van der Waals surface area contributed by atoms with E-state index in [1.165, 1.54) is 33.2 Å². The average Bonchev–Trinajstić information content (AvgIpc) is 1.86. The van der Waals surface area contributed by atoms with Crippen LogP contribution in [-0.2, 0) is 62.7 Å². The van der Waals surface area contributed by atoms with Crippen molar-refractivity contribution < 1.29 is 55.6 Å². The van der Waals surface area contributed by atoms with Gasteiger partial charge in [0.15, 0.2) is 0 Å². The van der Waals surface area contributed by atoms with Gasteiger partial charge in [-0.05, 0) is 127 Å². The first kappa shape index (κ1) is 67.0. The summed E-state index contributed by atoms with van der Waals surface area (Å²) in [6.07, 6.45) is 3.26. The van der Waals surface area contributed by atoms with Gasteiger partial charge in [0.1, 0.15) is 33.6 Å². The molecule has 86 heavy (non-hydrogen) atoms. The van der Waals surface area contributed by atoms with E-state index in [1.807, 2.05) is 48.5 Å². The second kappa shape index (κ2) is 29.9. The molecule has 19 nitrogen and oxygen atoms in total. The Bertz CT molecular complexity index is 3890. The molecule has 1 aliphatic rings. The van der Waals surface area contributed by atoms with Gasteiger partial charge in [0.05, 0.1) is 44.2 Å². The van der Waals surface area contributed by atoms with Crippen LogP contribution in [-0.4, -0.2) is 150 Å². The van der Waals surface area contributed by atoms with E-state index in [0.717, 1.165) is 47.9 Å². The molecule has 7 rings (SSSR count). The van der Waals surface area contributed by atoms with Gasteiger partial charge in [0.25, 0.3) is 10.1 Å². The third kappa shape index (κ3) is 19.8. The van der Waals surface area contributed by atoms with Crippen LogP contribution in [0, 0.1) is 35.5 Å². The Morgan fingerprint density at radius 2 is 0.895 bits per heavy atom. The molecule has 4 atom stereocenters. The van der Waals surface area contributed by atoms with Crippen LogP contribution >= 0.6 is 22.1 Å². The second-order valence-corrected chi connectivity index (χ2v) is 29.7. The minimum atomic E-state index is -4.30. The number of methoxy groups -OCH3 is 3. The van der Waals surface area contributed by atoms with Crippen LogP contribution in [0.1, 0.15) is 93.8 Å². The van der Waals surface area contributed by atoms with Crippen LogP contribution < -0.4 is 36.2 Å². The Hall–Kier alpha value is -6.49. The summed E-state index contributed by atoms with van der Waals surface area (Å²) >= 11 is 0. The number of nitrogens with two attached hydrogens (primary N) is 1. The number of hydrogen-bond acceptors (Lipinski definition) is 15. The zero-order chi connectivity index (χ0) is 62.4. The lowest BCUT2D eigenvalue weighted by atomic mass is 10.0. The summed E-state index contributed by atoms with van der Waals surface area (Å²) in [5, 5.41) is 0. The summed E-state index contributed by atoms with van der Waals surface area (Å²) in [5.41, 5.74) is 14.1. The highest BCUT2D eigenvalue weighted by Crippen LogP contribution is 2.36. The van der Waals surface area contributed by atoms with E-state index in [2.05, 4.69) is 64.1 Å². The zero-order valence-electron chi connectivity index (χ0n) is 49.9. The minimum Gasteiger partial charge on any atom is -0.497 e. The lowest BCUT2D eigenvalue weighted by Crippen LogP contribution is -2.48. The molecule has 1 saturated heterocycles. The topological polar surface area (TPSA) is 268 Å². The summed E-state index contributed by atoms with van der Waals surface area (Å²) < 4.78 is 89.7. The third-order valence-corrected chi connectivity index (χ3v) is 18.3. The molecule has 0 saturated carbocycles. The summed E-state index contributed by atoms with van der Waals surface area (Å²) in [5.74, 6) is 20.6. The molecule has 6 N–H and O–H groups in total. The molecule has 1 aliphatic heterocycles. The summed E-state index contributed by atoms with van der Waals surface area (Å²) in [6.45, 7) is 10.7. The molecule has 0 aliphatic carbocycles. The molecule has 3 aromatic heterocycles. The average molecular weight is 1250 g/mol. The van der Waals surface area contributed by atoms with Crippen LogP contribution in [0.3, 0.4) is 0 Å². The van der Waals surface area contributed by atoms with Crippen LogP contribution in [0.25, 0.3) is 0 Å². The number of benzene rings is 3. The van der Waals surface area contributed by atoms with Crippen LogP contribution in [0.4, 0.5) is 0 Å². The van der Waals surface area contributed by atoms with Crippen molar-refractivity contribution in [2.24, 2.45) is 5.73 Å². The van der Waals surface area contributed by atoms with E-state index in [4.69, 9.17) is 34.9 Å². The zero-order valence-corrected chi connectivity index (χ0v) is 53.4. The number of nitrogens with zero attached hydrogens (tertiary/aromatic N) is 6. The molecule has 23 heteroatoms. The van der Waals surface area contributed by atoms with Crippen molar-refractivity contribution in [1.82, 2.24) is 29.7 Å². The Morgan fingerprint density at radius 3 is 1.26 bits per heavy atom. The molecular weight excluding hydrogens is 1170 g/mol. The Kier molecular flexibility index (Phi) is 23.3. The van der Waals surface area contributed by atoms with Gasteiger partial charge in [-0.1, -0.05) is 62.2 Å². The standard InChI is InChI=1S/C63H76N7O12P3S/c1-9-11-51-37-58(80-3)22-19-48(51)16-13-46-32-55(66-62(35-46)84(7,73)74)42-69-27-26-68(41-54-31-45(34-61(65-54)83(6,71)72)15-18-50-21-24-60(82-5)39-53(50)25-30-86(77,78)79)28-29-70(57(40-64)44-69)43-56-33-47(36-63(67-56)85(8,75)76)14-17-49-20-23-59(81-4)38-52(49)12-10-2/h19-24,31-39,57H,9-12,25-30,40-44,64H2,1-8H3,(H,71,72)(H,73,74)(H,75,76)(H,77,78,79). The van der Waals surface area contributed by atoms with E-state index >= 15 is 0 Å². The van der Waals surface area contributed by atoms with E-state index in [9.17, 15) is 41.3 Å². The fourth-order valence-electron chi connectivity index (χ4n) is 9.84. The first-order chi connectivity index (χ1) is 40.7. The van der Waals surface area contributed by atoms with Crippen LogP contribution in [0.5, 0.6) is 17.2 Å². The first-order valence-electron chi connectivity index (χ1n) is 28.1. The van der Waals surface area contributed by atoms with Crippen molar-refractivity contribution >= 4 is 48.5 Å². The molecule has 1 fully saturated rings. The van der Waals surface area contributed by atoms with Gasteiger partial charge in [0.2, 0.25) is 22.1 Å². The molecule has 0 spiro atoms. The number of rotatable bonds is 20. The molecule has 4 unspecified atom stereocenters. The fourth-order valence-corrected chi connectivity index (χ4v) is 12.4. The van der Waals surface area contributed by atoms with E-state index in [-0.39, 0.29) is 54.9 Å². The highest BCUT2D eigenvalue weighted by atomic mass is 32.2. The minimum absolute atomic E-state index is 0.00144. The lowest BCUT2D eigenvalue weighted by Gasteiger charge is -2.33. The quantitative estimate of drug-likeness (QED) is 0.0326. The van der Waals surface area contributed by atoms with Gasteiger partial charge >= 0.3 is 0 Å². The second-order valence-electron chi connectivity index (χ2n) is 21.5. The largest absolute Gasteiger partial charge is 0.497 e. The van der Waals surface area contributed by atoms with Gasteiger partial charge in [-0.2, -0.15) is 8.42 Å². The lowest BCUT2D eigenvalue weighted by molar-refractivity contribution is 0.139. The van der Waals surface area contributed by atoms with E-state index in [0.29, 0.717) is 94.9 Å². The normalized spacial score (nSPS) is 16.4. The molecule has 3 aromatic carbocycles. The maximum atomic E-state index is 13.5. The van der Waals surface area contributed by atoms with Gasteiger partial charge in [-0.15, -0.1) is 0 Å². The number of pyridine rings is 3. The number of aromatic nitrogens is 3. The van der Waals surface area contributed by atoms with Gasteiger partial charge in [0, 0.05) is 118 Å². The fraction of sp³-hybridized carbons (Fsp3) is 0.381. The van der Waals surface area contributed by atoms with E-state index < -0.39 is 38.0 Å². The predicted molar refractivity (Wildman–Crippen MR) is 338 cm³/mol. The molecule has 0 radical (unpaired) electrons. The smallest absolute Gasteiger partial charge is 0.265 e. The predicted octanol–water partition coefficient (Wildman–Crippen LogP) is 6.16. The van der Waals surface area contributed by atoms with E-state index in [1.54, 1.807) is 50.6 Å². The van der Waals surface area contributed by atoms with Crippen molar-refractivity contribution in [2.45, 2.75) is 71.6 Å². The van der Waals surface area contributed by atoms with Crippen molar-refractivity contribution in [1.29, 1.82) is 0 Å². The van der Waals surface area contributed by atoms with Crippen molar-refractivity contribution in [3.63, 3.8) is 0 Å².